The first-order valence-electron chi connectivity index (χ1n) is 9.29. The van der Waals surface area contributed by atoms with Gasteiger partial charge >= 0.3 is 0 Å². The molecular weight excluding hydrogens is 306 g/mol. The quantitative estimate of drug-likeness (QED) is 0.818. The van der Waals surface area contributed by atoms with E-state index >= 15 is 0 Å². The molecule has 3 rings (SSSR count). The number of rotatable bonds is 4. The fourth-order valence-electron chi connectivity index (χ4n) is 4.08. The zero-order chi connectivity index (χ0) is 17.7. The highest BCUT2D eigenvalue weighted by molar-refractivity contribution is 5.57. The van der Waals surface area contributed by atoms with Gasteiger partial charge in [0, 0.05) is 12.5 Å². The van der Waals surface area contributed by atoms with Gasteiger partial charge in [0.15, 0.2) is 0 Å². The number of aliphatic hydroxyl groups is 1. The van der Waals surface area contributed by atoms with E-state index in [1.54, 1.807) is 0 Å². The second-order valence-electron chi connectivity index (χ2n) is 7.42. The summed E-state index contributed by atoms with van der Waals surface area (Å²) in [7, 11) is 4.19. The van der Waals surface area contributed by atoms with E-state index in [1.807, 2.05) is 24.3 Å². The largest absolute Gasteiger partial charge is 0.380 e. The molecule has 2 aromatic rings. The maximum Gasteiger partial charge on any atom is 0.115 e. The number of hydrogen-bond donors (Lipinski definition) is 1. The minimum atomic E-state index is -0.905. The lowest BCUT2D eigenvalue weighted by Crippen LogP contribution is -2.41. The number of nitrogens with zero attached hydrogens (tertiary/aromatic N) is 1. The van der Waals surface area contributed by atoms with Crippen LogP contribution in [0.15, 0.2) is 66.2 Å². The summed E-state index contributed by atoms with van der Waals surface area (Å²) in [5.74, 6) is 0.197. The molecule has 0 radical (unpaired) electrons. The van der Waals surface area contributed by atoms with Crippen LogP contribution >= 0.6 is 0 Å². The molecule has 0 bridgehead atoms. The maximum atomic E-state index is 12.1. The predicted octanol–water partition coefficient (Wildman–Crippen LogP) is 4.71. The Morgan fingerprint density at radius 2 is 1.64 bits per heavy atom. The van der Waals surface area contributed by atoms with Crippen LogP contribution in [0.25, 0.3) is 6.08 Å². The molecule has 1 fully saturated rings. The van der Waals surface area contributed by atoms with E-state index < -0.39 is 5.60 Å². The zero-order valence-electron chi connectivity index (χ0n) is 15.4. The molecule has 1 N–H and O–H groups in total. The molecule has 25 heavy (non-hydrogen) atoms. The van der Waals surface area contributed by atoms with Gasteiger partial charge < -0.3 is 10.0 Å². The molecule has 1 aliphatic rings. The van der Waals surface area contributed by atoms with Gasteiger partial charge in [-0.2, -0.15) is 0 Å². The van der Waals surface area contributed by atoms with E-state index in [0.717, 1.165) is 42.5 Å². The molecule has 0 aromatic heterocycles. The van der Waals surface area contributed by atoms with E-state index in [-0.39, 0.29) is 5.92 Å². The highest BCUT2D eigenvalue weighted by Crippen LogP contribution is 2.45. The molecule has 0 spiro atoms. The minimum Gasteiger partial charge on any atom is -0.380 e. The Kier molecular flexibility index (Phi) is 5.72. The van der Waals surface area contributed by atoms with Crippen LogP contribution in [0.2, 0.25) is 0 Å². The molecule has 0 aliphatic heterocycles. The smallest absolute Gasteiger partial charge is 0.115 e. The summed E-state index contributed by atoms with van der Waals surface area (Å²) in [5, 5.41) is 12.1. The Balaban J connectivity index is 2.11. The predicted molar refractivity (Wildman–Crippen MR) is 105 cm³/mol. The first kappa shape index (κ1) is 17.9. The molecule has 2 aromatic carbocycles. The van der Waals surface area contributed by atoms with Crippen LogP contribution in [-0.2, 0) is 5.60 Å². The molecule has 1 saturated carbocycles. The van der Waals surface area contributed by atoms with Gasteiger partial charge in [-0.15, -0.1) is 0 Å². The fourth-order valence-corrected chi connectivity index (χ4v) is 4.08. The molecule has 2 atom stereocenters. The SMILES string of the molecule is CN(C)CC1CCCCC(=Cc2ccccc2)C1(O)c1ccccc1. The van der Waals surface area contributed by atoms with Gasteiger partial charge in [-0.25, -0.2) is 0 Å². The lowest BCUT2D eigenvalue weighted by Gasteiger charge is -2.39. The van der Waals surface area contributed by atoms with Gasteiger partial charge in [0.05, 0.1) is 0 Å². The summed E-state index contributed by atoms with van der Waals surface area (Å²) < 4.78 is 0. The van der Waals surface area contributed by atoms with Crippen LogP contribution in [0.1, 0.15) is 36.8 Å². The molecule has 0 heterocycles. The van der Waals surface area contributed by atoms with Gasteiger partial charge in [-0.3, -0.25) is 0 Å². The first-order valence-corrected chi connectivity index (χ1v) is 9.29. The second-order valence-corrected chi connectivity index (χ2v) is 7.42. The molecule has 0 amide bonds. The van der Waals surface area contributed by atoms with Crippen LogP contribution < -0.4 is 0 Å². The van der Waals surface area contributed by atoms with Gasteiger partial charge in [-0.1, -0.05) is 73.2 Å². The van der Waals surface area contributed by atoms with Gasteiger partial charge in [0.1, 0.15) is 5.60 Å². The van der Waals surface area contributed by atoms with Crippen LogP contribution in [0.3, 0.4) is 0 Å². The van der Waals surface area contributed by atoms with E-state index in [4.69, 9.17) is 0 Å². The van der Waals surface area contributed by atoms with Crippen molar-refractivity contribution in [3.8, 4) is 0 Å². The second kappa shape index (κ2) is 7.99. The highest BCUT2D eigenvalue weighted by atomic mass is 16.3. The Bertz CT molecular complexity index is 693. The number of benzene rings is 2. The van der Waals surface area contributed by atoms with Crippen molar-refractivity contribution in [2.45, 2.75) is 31.3 Å². The summed E-state index contributed by atoms with van der Waals surface area (Å²) in [6.07, 6.45) is 6.51. The Morgan fingerprint density at radius 1 is 1.00 bits per heavy atom. The molecule has 2 heteroatoms. The first-order chi connectivity index (χ1) is 12.1. The Labute approximate surface area is 151 Å². The fraction of sp³-hybridized carbons (Fsp3) is 0.391. The van der Waals surface area contributed by atoms with E-state index in [0.29, 0.717) is 0 Å². The molecule has 132 valence electrons. The molecular formula is C23H29NO. The lowest BCUT2D eigenvalue weighted by molar-refractivity contribution is 0.000488. The van der Waals surface area contributed by atoms with E-state index in [1.165, 1.54) is 6.42 Å². The standard InChI is InChI=1S/C23H29NO/c1-24(2)18-22-16-10-9-15-21(17-19-11-5-3-6-12-19)23(22,25)20-13-7-4-8-14-20/h3-8,11-14,17,22,25H,9-10,15-16,18H2,1-2H3. The Morgan fingerprint density at radius 3 is 2.28 bits per heavy atom. The van der Waals surface area contributed by atoms with E-state index in [2.05, 4.69) is 61.5 Å². The van der Waals surface area contributed by atoms with Gasteiger partial charge in [-0.05, 0) is 50.1 Å². The van der Waals surface area contributed by atoms with Gasteiger partial charge in [0.25, 0.3) is 0 Å². The van der Waals surface area contributed by atoms with Crippen molar-refractivity contribution in [1.82, 2.24) is 4.90 Å². The lowest BCUT2D eigenvalue weighted by atomic mass is 9.74. The molecule has 0 saturated heterocycles. The highest BCUT2D eigenvalue weighted by Gasteiger charge is 2.42. The minimum absolute atomic E-state index is 0.197. The summed E-state index contributed by atoms with van der Waals surface area (Å²) in [6.45, 7) is 0.886. The van der Waals surface area contributed by atoms with Crippen LogP contribution in [-0.4, -0.2) is 30.6 Å². The summed E-state index contributed by atoms with van der Waals surface area (Å²) in [6, 6.07) is 20.6. The molecule has 2 unspecified atom stereocenters. The zero-order valence-corrected chi connectivity index (χ0v) is 15.4. The topological polar surface area (TPSA) is 23.5 Å². The average molecular weight is 335 g/mol. The summed E-state index contributed by atoms with van der Waals surface area (Å²) in [4.78, 5) is 2.20. The van der Waals surface area contributed by atoms with Crippen molar-refractivity contribution in [1.29, 1.82) is 0 Å². The van der Waals surface area contributed by atoms with Crippen molar-refractivity contribution in [2.24, 2.45) is 5.92 Å². The van der Waals surface area contributed by atoms with Gasteiger partial charge in [0.2, 0.25) is 0 Å². The molecule has 1 aliphatic carbocycles. The van der Waals surface area contributed by atoms with Crippen molar-refractivity contribution < 1.29 is 5.11 Å². The summed E-state index contributed by atoms with van der Waals surface area (Å²) in [5.41, 5.74) is 2.43. The van der Waals surface area contributed by atoms with Crippen molar-refractivity contribution >= 4 is 6.08 Å². The van der Waals surface area contributed by atoms with Crippen molar-refractivity contribution in [3.05, 3.63) is 77.4 Å². The number of hydrogen-bond acceptors (Lipinski definition) is 2. The average Bonchev–Trinajstić information content (AvgIpc) is 2.77. The van der Waals surface area contributed by atoms with Crippen LogP contribution in [0.5, 0.6) is 0 Å². The summed E-state index contributed by atoms with van der Waals surface area (Å²) >= 11 is 0. The normalized spacial score (nSPS) is 25.9. The van der Waals surface area contributed by atoms with Crippen molar-refractivity contribution in [2.75, 3.05) is 20.6 Å². The van der Waals surface area contributed by atoms with Crippen LogP contribution in [0.4, 0.5) is 0 Å². The maximum absolute atomic E-state index is 12.1. The van der Waals surface area contributed by atoms with Crippen molar-refractivity contribution in [3.63, 3.8) is 0 Å². The van der Waals surface area contributed by atoms with E-state index in [9.17, 15) is 5.11 Å². The molecule has 2 nitrogen and oxygen atoms in total. The third-order valence-corrected chi connectivity index (χ3v) is 5.27. The Hall–Kier alpha value is -1.90. The third-order valence-electron chi connectivity index (χ3n) is 5.27. The third kappa shape index (κ3) is 4.02. The van der Waals surface area contributed by atoms with Crippen LogP contribution in [0, 0.1) is 5.92 Å². The monoisotopic (exact) mass is 335 g/mol.